The van der Waals surface area contributed by atoms with Crippen LogP contribution < -0.4 is 0 Å². The molecule has 2 aliphatic heterocycles. The summed E-state index contributed by atoms with van der Waals surface area (Å²) in [4.78, 5) is 22.0. The van der Waals surface area contributed by atoms with Crippen LogP contribution in [0.3, 0.4) is 0 Å². The Bertz CT molecular complexity index is 777. The summed E-state index contributed by atoms with van der Waals surface area (Å²) in [5, 5.41) is 0. The normalized spacial score (nSPS) is 22.7. The maximum absolute atomic E-state index is 12.9. The summed E-state index contributed by atoms with van der Waals surface area (Å²) >= 11 is 0. The molecule has 0 bridgehead atoms. The van der Waals surface area contributed by atoms with Gasteiger partial charge in [-0.05, 0) is 31.2 Å². The minimum atomic E-state index is 0.0196. The van der Waals surface area contributed by atoms with E-state index in [1.807, 2.05) is 31.4 Å². The second kappa shape index (κ2) is 7.47. The molecule has 2 aliphatic rings. The number of likely N-dealkylation sites (tertiary alicyclic amines) is 2. The molecule has 27 heavy (non-hydrogen) atoms. The highest BCUT2D eigenvalue weighted by Crippen LogP contribution is 2.44. The molecule has 0 unspecified atom stereocenters. The van der Waals surface area contributed by atoms with Gasteiger partial charge < -0.3 is 9.47 Å². The molecule has 1 amide bonds. The van der Waals surface area contributed by atoms with Crippen molar-refractivity contribution in [1.29, 1.82) is 0 Å². The Balaban J connectivity index is 1.42. The van der Waals surface area contributed by atoms with Crippen LogP contribution in [-0.4, -0.2) is 50.9 Å². The Hall–Kier alpha value is -2.14. The number of carbonyl (C=O) groups is 1. The fourth-order valence-electron chi connectivity index (χ4n) is 4.82. The average molecular weight is 367 g/mol. The minimum Gasteiger partial charge on any atom is -0.339 e. The third-order valence-corrected chi connectivity index (χ3v) is 6.54. The zero-order chi connectivity index (χ0) is 18.9. The smallest absolute Gasteiger partial charge is 0.230 e. The molecule has 2 saturated heterocycles. The van der Waals surface area contributed by atoms with Crippen molar-refractivity contribution in [2.75, 3.05) is 20.1 Å². The van der Waals surface area contributed by atoms with Crippen LogP contribution in [0.2, 0.25) is 0 Å². The predicted molar refractivity (Wildman–Crippen MR) is 106 cm³/mol. The van der Waals surface area contributed by atoms with Gasteiger partial charge in [-0.25, -0.2) is 4.98 Å². The first kappa shape index (κ1) is 18.2. The van der Waals surface area contributed by atoms with E-state index in [-0.39, 0.29) is 17.4 Å². The van der Waals surface area contributed by atoms with Gasteiger partial charge in [0.05, 0.1) is 12.5 Å². The SMILES string of the molecule is CCCn1ccnc1CN1CCC2(CC1)C[C@H](c1ccccc1)C(=O)N2C. The van der Waals surface area contributed by atoms with Crippen LogP contribution >= 0.6 is 0 Å². The molecule has 144 valence electrons. The molecule has 1 spiro atoms. The molecule has 0 N–H and O–H groups in total. The fraction of sp³-hybridized carbons (Fsp3) is 0.545. The predicted octanol–water partition coefficient (Wildman–Crippen LogP) is 3.27. The number of carbonyl (C=O) groups excluding carboxylic acids is 1. The summed E-state index contributed by atoms with van der Waals surface area (Å²) < 4.78 is 2.26. The van der Waals surface area contributed by atoms with Gasteiger partial charge in [0.25, 0.3) is 0 Å². The molecular weight excluding hydrogens is 336 g/mol. The Morgan fingerprint density at radius 1 is 1.19 bits per heavy atom. The van der Waals surface area contributed by atoms with Crippen LogP contribution in [0.4, 0.5) is 0 Å². The van der Waals surface area contributed by atoms with Crippen molar-refractivity contribution in [3.05, 3.63) is 54.1 Å². The fourth-order valence-corrected chi connectivity index (χ4v) is 4.82. The molecule has 0 saturated carbocycles. The van der Waals surface area contributed by atoms with E-state index in [9.17, 15) is 4.79 Å². The Morgan fingerprint density at radius 2 is 1.93 bits per heavy atom. The van der Waals surface area contributed by atoms with Crippen molar-refractivity contribution in [1.82, 2.24) is 19.4 Å². The van der Waals surface area contributed by atoms with Gasteiger partial charge in [-0.3, -0.25) is 9.69 Å². The van der Waals surface area contributed by atoms with Crippen LogP contribution in [0.15, 0.2) is 42.7 Å². The van der Waals surface area contributed by atoms with Crippen molar-refractivity contribution in [3.63, 3.8) is 0 Å². The van der Waals surface area contributed by atoms with Crippen LogP contribution in [0.5, 0.6) is 0 Å². The van der Waals surface area contributed by atoms with Gasteiger partial charge in [0, 0.05) is 44.6 Å². The summed E-state index contributed by atoms with van der Waals surface area (Å²) in [7, 11) is 2.01. The summed E-state index contributed by atoms with van der Waals surface area (Å²) in [6, 6.07) is 10.3. The number of likely N-dealkylation sites (N-methyl/N-ethyl adjacent to an activating group) is 1. The molecule has 1 atom stereocenters. The van der Waals surface area contributed by atoms with E-state index in [0.29, 0.717) is 0 Å². The third-order valence-electron chi connectivity index (χ3n) is 6.54. The Labute approximate surface area is 162 Å². The summed E-state index contributed by atoms with van der Waals surface area (Å²) in [6.07, 6.45) is 8.16. The lowest BCUT2D eigenvalue weighted by Crippen LogP contribution is -2.51. The van der Waals surface area contributed by atoms with Crippen LogP contribution in [0, 0.1) is 0 Å². The zero-order valence-corrected chi connectivity index (χ0v) is 16.5. The lowest BCUT2D eigenvalue weighted by atomic mass is 9.81. The summed E-state index contributed by atoms with van der Waals surface area (Å²) in [5.41, 5.74) is 1.18. The number of rotatable bonds is 5. The first-order valence-corrected chi connectivity index (χ1v) is 10.2. The van der Waals surface area contributed by atoms with E-state index in [0.717, 1.165) is 63.3 Å². The van der Waals surface area contributed by atoms with Gasteiger partial charge in [0.2, 0.25) is 5.91 Å². The molecule has 1 aromatic carbocycles. The maximum atomic E-state index is 12.9. The molecule has 0 radical (unpaired) electrons. The number of hydrogen-bond acceptors (Lipinski definition) is 3. The van der Waals surface area contributed by atoms with Crippen LogP contribution in [0.1, 0.15) is 49.9 Å². The molecule has 2 fully saturated rings. The summed E-state index contributed by atoms with van der Waals surface area (Å²) in [6.45, 7) is 6.19. The zero-order valence-electron chi connectivity index (χ0n) is 16.5. The number of aryl methyl sites for hydroxylation is 1. The molecule has 5 heteroatoms. The number of benzene rings is 1. The Morgan fingerprint density at radius 3 is 2.63 bits per heavy atom. The lowest BCUT2D eigenvalue weighted by Gasteiger charge is -2.43. The average Bonchev–Trinajstić information content (AvgIpc) is 3.23. The largest absolute Gasteiger partial charge is 0.339 e. The number of piperidine rings is 1. The molecule has 1 aromatic heterocycles. The van der Waals surface area contributed by atoms with Gasteiger partial charge in [0.1, 0.15) is 5.82 Å². The highest BCUT2D eigenvalue weighted by atomic mass is 16.2. The van der Waals surface area contributed by atoms with Crippen molar-refractivity contribution >= 4 is 5.91 Å². The Kier molecular flexibility index (Phi) is 5.04. The molecule has 2 aromatic rings. The lowest BCUT2D eigenvalue weighted by molar-refractivity contribution is -0.131. The van der Waals surface area contributed by atoms with Crippen molar-refractivity contribution in [2.24, 2.45) is 0 Å². The molecule has 5 nitrogen and oxygen atoms in total. The van der Waals surface area contributed by atoms with Gasteiger partial charge >= 0.3 is 0 Å². The van der Waals surface area contributed by atoms with E-state index in [1.54, 1.807) is 0 Å². The quantitative estimate of drug-likeness (QED) is 0.815. The molecule has 3 heterocycles. The van der Waals surface area contributed by atoms with Gasteiger partial charge in [-0.15, -0.1) is 0 Å². The van der Waals surface area contributed by atoms with Crippen LogP contribution in [0.25, 0.3) is 0 Å². The topological polar surface area (TPSA) is 41.4 Å². The summed E-state index contributed by atoms with van der Waals surface area (Å²) in [5.74, 6) is 1.46. The molecular formula is C22H30N4O. The standard InChI is InChI=1S/C22H30N4O/c1-3-12-26-15-11-23-20(26)17-25-13-9-22(10-14-25)16-19(21(27)24(22)2)18-7-5-4-6-8-18/h4-8,11,15,19H,3,9-10,12-14,16-17H2,1-2H3/t19-/m1/s1. The maximum Gasteiger partial charge on any atom is 0.230 e. The monoisotopic (exact) mass is 366 g/mol. The number of nitrogens with zero attached hydrogens (tertiary/aromatic N) is 4. The number of aromatic nitrogens is 2. The van der Waals surface area contributed by atoms with Crippen molar-refractivity contribution < 1.29 is 4.79 Å². The first-order chi connectivity index (χ1) is 13.1. The van der Waals surface area contributed by atoms with E-state index >= 15 is 0 Å². The molecule has 4 rings (SSSR count). The van der Waals surface area contributed by atoms with Crippen molar-refractivity contribution in [3.8, 4) is 0 Å². The minimum absolute atomic E-state index is 0.0196. The van der Waals surface area contributed by atoms with Gasteiger partial charge in [-0.1, -0.05) is 37.3 Å². The number of amides is 1. The second-order valence-electron chi connectivity index (χ2n) is 8.10. The highest BCUT2D eigenvalue weighted by Gasteiger charge is 2.50. The van der Waals surface area contributed by atoms with Crippen molar-refractivity contribution in [2.45, 2.75) is 57.2 Å². The number of imidazole rings is 1. The molecule has 0 aliphatic carbocycles. The highest BCUT2D eigenvalue weighted by molar-refractivity contribution is 5.87. The van der Waals surface area contributed by atoms with E-state index in [2.05, 4.69) is 44.6 Å². The second-order valence-corrected chi connectivity index (χ2v) is 8.10. The third kappa shape index (κ3) is 3.41. The van der Waals surface area contributed by atoms with Gasteiger partial charge in [0.15, 0.2) is 0 Å². The van der Waals surface area contributed by atoms with E-state index in [4.69, 9.17) is 0 Å². The number of hydrogen-bond donors (Lipinski definition) is 0. The van der Waals surface area contributed by atoms with E-state index < -0.39 is 0 Å². The van der Waals surface area contributed by atoms with E-state index in [1.165, 1.54) is 0 Å². The first-order valence-electron chi connectivity index (χ1n) is 10.2. The van der Waals surface area contributed by atoms with Gasteiger partial charge in [-0.2, -0.15) is 0 Å². The van der Waals surface area contributed by atoms with Crippen LogP contribution in [-0.2, 0) is 17.9 Å².